The van der Waals surface area contributed by atoms with Crippen LogP contribution in [0.5, 0.6) is 11.5 Å². The maximum Gasteiger partial charge on any atom is 0.573 e. The largest absolute Gasteiger partial charge is 0.573 e. The van der Waals surface area contributed by atoms with Gasteiger partial charge in [-0.3, -0.25) is 0 Å². The second kappa shape index (κ2) is 7.32. The van der Waals surface area contributed by atoms with Gasteiger partial charge in [0, 0.05) is 24.5 Å². The number of alkyl halides is 3. The summed E-state index contributed by atoms with van der Waals surface area (Å²) >= 11 is 0. The van der Waals surface area contributed by atoms with Crippen LogP contribution in [0.2, 0.25) is 0 Å². The summed E-state index contributed by atoms with van der Waals surface area (Å²) in [5.41, 5.74) is 1.31. The highest BCUT2D eigenvalue weighted by Crippen LogP contribution is 2.34. The van der Waals surface area contributed by atoms with Crippen LogP contribution in [-0.2, 0) is 4.74 Å². The molecule has 1 saturated carbocycles. The molecule has 1 aliphatic carbocycles. The molecule has 138 valence electrons. The fourth-order valence-corrected chi connectivity index (χ4v) is 2.68. The molecule has 0 N–H and O–H groups in total. The lowest BCUT2D eigenvalue weighted by atomic mass is 9.91. The Bertz CT molecular complexity index is 766. The molecule has 1 fully saturated rings. The van der Waals surface area contributed by atoms with Crippen LogP contribution >= 0.6 is 0 Å². The number of benzene rings is 2. The van der Waals surface area contributed by atoms with Crippen molar-refractivity contribution in [1.29, 1.82) is 0 Å². The molecule has 0 aromatic heterocycles. The van der Waals surface area contributed by atoms with Gasteiger partial charge in [-0.2, -0.15) is 0 Å². The van der Waals surface area contributed by atoms with Crippen LogP contribution in [-0.4, -0.2) is 18.6 Å². The zero-order valence-corrected chi connectivity index (χ0v) is 14.3. The summed E-state index contributed by atoms with van der Waals surface area (Å²) in [4.78, 5) is 0. The van der Waals surface area contributed by atoms with Crippen LogP contribution in [0.15, 0.2) is 55.1 Å². The summed E-state index contributed by atoms with van der Waals surface area (Å²) in [5.74, 6) is 0.699. The number of aryl methyl sites for hydroxylation is 1. The van der Waals surface area contributed by atoms with Gasteiger partial charge in [0.2, 0.25) is 0 Å². The minimum Gasteiger partial charge on any atom is -0.490 e. The zero-order chi connectivity index (χ0) is 18.7. The summed E-state index contributed by atoms with van der Waals surface area (Å²) in [6, 6.07) is 14.0. The van der Waals surface area contributed by atoms with Gasteiger partial charge in [0.25, 0.3) is 0 Å². The Morgan fingerprint density at radius 3 is 2.38 bits per heavy atom. The molecule has 2 aromatic carbocycles. The summed E-state index contributed by atoms with van der Waals surface area (Å²) in [7, 11) is 0. The van der Waals surface area contributed by atoms with E-state index in [9.17, 15) is 13.2 Å². The molecule has 2 aromatic rings. The molecular formula is C20H19F3O3. The van der Waals surface area contributed by atoms with Gasteiger partial charge in [-0.05, 0) is 18.6 Å². The Morgan fingerprint density at radius 1 is 1.04 bits per heavy atom. The Morgan fingerprint density at radius 2 is 1.73 bits per heavy atom. The number of hydrogen-bond acceptors (Lipinski definition) is 3. The van der Waals surface area contributed by atoms with Gasteiger partial charge in [0.05, 0.1) is 0 Å². The predicted octanol–water partition coefficient (Wildman–Crippen LogP) is 5.49. The first kappa shape index (κ1) is 18.2. The van der Waals surface area contributed by atoms with Gasteiger partial charge in [-0.15, -0.1) is 13.2 Å². The molecule has 0 radical (unpaired) electrons. The molecular weight excluding hydrogens is 345 g/mol. The fraction of sp³-hybridized carbons (Fsp3) is 0.300. The summed E-state index contributed by atoms with van der Waals surface area (Å²) in [6.07, 6.45) is -3.55. The number of halogens is 3. The highest BCUT2D eigenvalue weighted by molar-refractivity contribution is 5.57. The first-order chi connectivity index (χ1) is 12.3. The Kier molecular flexibility index (Phi) is 5.11. The Hall–Kier alpha value is -2.63. The summed E-state index contributed by atoms with van der Waals surface area (Å²) < 4.78 is 52.8. The van der Waals surface area contributed by atoms with Gasteiger partial charge in [-0.1, -0.05) is 43.0 Å². The number of rotatable bonds is 6. The van der Waals surface area contributed by atoms with Crippen LogP contribution in [0.3, 0.4) is 0 Å². The molecule has 0 spiro atoms. The maximum absolute atomic E-state index is 12.4. The van der Waals surface area contributed by atoms with Crippen molar-refractivity contribution in [2.75, 3.05) is 0 Å². The second-order valence-corrected chi connectivity index (χ2v) is 6.22. The first-order valence-corrected chi connectivity index (χ1v) is 8.24. The molecule has 6 heteroatoms. The van der Waals surface area contributed by atoms with Crippen molar-refractivity contribution in [3.8, 4) is 11.5 Å². The van der Waals surface area contributed by atoms with E-state index in [0.29, 0.717) is 29.9 Å². The van der Waals surface area contributed by atoms with E-state index >= 15 is 0 Å². The van der Waals surface area contributed by atoms with E-state index in [-0.39, 0.29) is 18.0 Å². The molecule has 26 heavy (non-hydrogen) atoms. The van der Waals surface area contributed by atoms with Crippen molar-refractivity contribution in [2.45, 2.75) is 38.3 Å². The van der Waals surface area contributed by atoms with Gasteiger partial charge in [0.15, 0.2) is 0 Å². The van der Waals surface area contributed by atoms with Gasteiger partial charge in [-0.25, -0.2) is 0 Å². The van der Waals surface area contributed by atoms with Crippen LogP contribution in [0, 0.1) is 6.92 Å². The number of ether oxygens (including phenoxy) is 3. The monoisotopic (exact) mass is 364 g/mol. The lowest BCUT2D eigenvalue weighted by Crippen LogP contribution is -2.39. The lowest BCUT2D eigenvalue weighted by molar-refractivity contribution is -0.274. The average molecular weight is 364 g/mol. The van der Waals surface area contributed by atoms with E-state index in [0.717, 1.165) is 5.56 Å². The zero-order valence-electron chi connectivity index (χ0n) is 14.3. The predicted molar refractivity (Wildman–Crippen MR) is 91.9 cm³/mol. The molecule has 0 atom stereocenters. The normalized spacial score (nSPS) is 19.4. The molecule has 3 nitrogen and oxygen atoms in total. The Balaban J connectivity index is 1.51. The summed E-state index contributed by atoms with van der Waals surface area (Å²) in [5, 5.41) is 0. The quantitative estimate of drug-likeness (QED) is 0.634. The molecule has 1 aliphatic rings. The topological polar surface area (TPSA) is 27.7 Å². The van der Waals surface area contributed by atoms with Crippen molar-refractivity contribution in [3.63, 3.8) is 0 Å². The van der Waals surface area contributed by atoms with Crippen LogP contribution in [0.4, 0.5) is 13.2 Å². The van der Waals surface area contributed by atoms with E-state index in [1.165, 1.54) is 6.07 Å². The summed E-state index contributed by atoms with van der Waals surface area (Å²) in [6.45, 7) is 5.47. The third-order valence-corrected chi connectivity index (χ3v) is 4.14. The average Bonchev–Trinajstić information content (AvgIpc) is 2.55. The molecule has 0 bridgehead atoms. The molecule has 0 aliphatic heterocycles. The minimum atomic E-state index is -4.73. The molecule has 0 amide bonds. The molecule has 3 rings (SSSR count). The second-order valence-electron chi connectivity index (χ2n) is 6.22. The SMILES string of the molecule is C=C(OC1CC(Oc2ccc(C)c(OC(F)(F)F)c2)C1)c1ccccc1. The van der Waals surface area contributed by atoms with Crippen LogP contribution in [0.1, 0.15) is 24.0 Å². The van der Waals surface area contributed by atoms with Gasteiger partial charge in [0.1, 0.15) is 29.5 Å². The van der Waals surface area contributed by atoms with Gasteiger partial charge < -0.3 is 14.2 Å². The minimum absolute atomic E-state index is 0.0101. The lowest BCUT2D eigenvalue weighted by Gasteiger charge is -2.36. The van der Waals surface area contributed by atoms with Crippen LogP contribution < -0.4 is 9.47 Å². The maximum atomic E-state index is 12.4. The smallest absolute Gasteiger partial charge is 0.490 e. The van der Waals surface area contributed by atoms with Crippen molar-refractivity contribution >= 4 is 5.76 Å². The molecule has 0 heterocycles. The van der Waals surface area contributed by atoms with E-state index in [4.69, 9.17) is 9.47 Å². The van der Waals surface area contributed by atoms with E-state index < -0.39 is 6.36 Å². The van der Waals surface area contributed by atoms with Crippen molar-refractivity contribution in [3.05, 3.63) is 66.2 Å². The fourth-order valence-electron chi connectivity index (χ4n) is 2.68. The third-order valence-electron chi connectivity index (χ3n) is 4.14. The van der Waals surface area contributed by atoms with E-state index in [1.54, 1.807) is 19.1 Å². The van der Waals surface area contributed by atoms with Crippen LogP contribution in [0.25, 0.3) is 5.76 Å². The molecule has 0 saturated heterocycles. The first-order valence-electron chi connectivity index (χ1n) is 8.24. The highest BCUT2D eigenvalue weighted by atomic mass is 19.4. The standard InChI is InChI=1S/C20H19F3O3/c1-13-8-9-16(12-19(13)26-20(21,22)23)25-18-10-17(11-18)24-14(2)15-6-4-3-5-7-15/h3-9,12,17-18H,2,10-11H2,1H3. The van der Waals surface area contributed by atoms with E-state index in [1.807, 2.05) is 30.3 Å². The molecule has 0 unspecified atom stereocenters. The Labute approximate surface area is 150 Å². The highest BCUT2D eigenvalue weighted by Gasteiger charge is 2.34. The van der Waals surface area contributed by atoms with E-state index in [2.05, 4.69) is 11.3 Å². The van der Waals surface area contributed by atoms with Gasteiger partial charge >= 0.3 is 6.36 Å². The number of hydrogen-bond donors (Lipinski definition) is 0. The van der Waals surface area contributed by atoms with Crippen molar-refractivity contribution in [2.24, 2.45) is 0 Å². The van der Waals surface area contributed by atoms with Crippen molar-refractivity contribution in [1.82, 2.24) is 0 Å². The third kappa shape index (κ3) is 4.71. The van der Waals surface area contributed by atoms with Crippen molar-refractivity contribution < 1.29 is 27.4 Å².